The van der Waals surface area contributed by atoms with Crippen molar-refractivity contribution >= 4 is 23.2 Å². The molecule has 0 aromatic heterocycles. The molecule has 1 heterocycles. The Morgan fingerprint density at radius 3 is 2.58 bits per heavy atom. The molecule has 0 spiro atoms. The SMILES string of the molecule is C=CC(=O)N1CCN(c2ccc(-c3cc(O)ccc3Cl)cc2C#N)CC1. The monoisotopic (exact) mass is 367 g/mol. The van der Waals surface area contributed by atoms with Crippen LogP contribution in [0.25, 0.3) is 11.1 Å². The lowest BCUT2D eigenvalue weighted by molar-refractivity contribution is -0.126. The molecule has 5 nitrogen and oxygen atoms in total. The molecule has 0 unspecified atom stereocenters. The lowest BCUT2D eigenvalue weighted by Crippen LogP contribution is -2.48. The molecule has 132 valence electrons. The second-order valence-electron chi connectivity index (χ2n) is 6.02. The molecule has 1 amide bonds. The summed E-state index contributed by atoms with van der Waals surface area (Å²) >= 11 is 6.22. The lowest BCUT2D eigenvalue weighted by Gasteiger charge is -2.36. The van der Waals surface area contributed by atoms with Crippen molar-refractivity contribution < 1.29 is 9.90 Å². The molecule has 1 fully saturated rings. The van der Waals surface area contributed by atoms with Gasteiger partial charge in [0.05, 0.1) is 11.3 Å². The van der Waals surface area contributed by atoms with Crippen molar-refractivity contribution in [3.05, 3.63) is 59.6 Å². The number of phenols is 1. The summed E-state index contributed by atoms with van der Waals surface area (Å²) in [5.74, 6) is 0.0500. The maximum absolute atomic E-state index is 11.7. The van der Waals surface area contributed by atoms with E-state index < -0.39 is 0 Å². The van der Waals surface area contributed by atoms with Crippen molar-refractivity contribution in [3.63, 3.8) is 0 Å². The van der Waals surface area contributed by atoms with E-state index in [4.69, 9.17) is 11.6 Å². The van der Waals surface area contributed by atoms with Crippen molar-refractivity contribution in [3.8, 4) is 22.9 Å². The van der Waals surface area contributed by atoms with Crippen LogP contribution in [0.4, 0.5) is 5.69 Å². The number of benzene rings is 2. The number of rotatable bonds is 3. The molecule has 0 bridgehead atoms. The van der Waals surface area contributed by atoms with Gasteiger partial charge in [-0.2, -0.15) is 5.26 Å². The molecule has 2 aromatic rings. The molecular weight excluding hydrogens is 350 g/mol. The van der Waals surface area contributed by atoms with E-state index in [0.717, 1.165) is 11.3 Å². The molecule has 6 heteroatoms. The maximum atomic E-state index is 11.7. The Kier molecular flexibility index (Phi) is 5.15. The number of halogens is 1. The van der Waals surface area contributed by atoms with Crippen molar-refractivity contribution in [1.82, 2.24) is 4.90 Å². The number of nitriles is 1. The lowest BCUT2D eigenvalue weighted by atomic mass is 10.0. The minimum absolute atomic E-state index is 0.0703. The number of amides is 1. The third-order valence-corrected chi connectivity index (χ3v) is 4.81. The van der Waals surface area contributed by atoms with Gasteiger partial charge in [-0.15, -0.1) is 0 Å². The standard InChI is InChI=1S/C20H18ClN3O2/c1-2-20(26)24-9-7-23(8-10-24)19-6-3-14(11-15(19)13-22)17-12-16(25)4-5-18(17)21/h2-6,11-12,25H,1,7-10H2. The predicted octanol–water partition coefficient (Wildman–Crippen LogP) is 3.42. The zero-order valence-electron chi connectivity index (χ0n) is 14.2. The van der Waals surface area contributed by atoms with Gasteiger partial charge in [-0.05, 0) is 42.0 Å². The zero-order valence-corrected chi connectivity index (χ0v) is 14.9. The smallest absolute Gasteiger partial charge is 0.246 e. The summed E-state index contributed by atoms with van der Waals surface area (Å²) in [6.45, 7) is 6.01. The Balaban J connectivity index is 1.87. The van der Waals surface area contributed by atoms with Crippen molar-refractivity contribution in [1.29, 1.82) is 5.26 Å². The van der Waals surface area contributed by atoms with E-state index in [0.29, 0.717) is 42.3 Å². The number of hydrogen-bond acceptors (Lipinski definition) is 4. The Labute approximate surface area is 157 Å². The Morgan fingerprint density at radius 1 is 1.19 bits per heavy atom. The normalized spacial score (nSPS) is 14.0. The summed E-state index contributed by atoms with van der Waals surface area (Å²) in [5, 5.41) is 19.8. The summed E-state index contributed by atoms with van der Waals surface area (Å²) in [7, 11) is 0. The van der Waals surface area contributed by atoms with Crippen LogP contribution in [-0.4, -0.2) is 42.1 Å². The molecule has 3 rings (SSSR count). The van der Waals surface area contributed by atoms with Crippen LogP contribution in [-0.2, 0) is 4.79 Å². The molecular formula is C20H18ClN3O2. The number of carbonyl (C=O) groups is 1. The van der Waals surface area contributed by atoms with Crippen LogP contribution < -0.4 is 4.90 Å². The number of carbonyl (C=O) groups excluding carboxylic acids is 1. The first-order chi connectivity index (χ1) is 12.5. The van der Waals surface area contributed by atoms with Crippen molar-refractivity contribution in [2.75, 3.05) is 31.1 Å². The Bertz CT molecular complexity index is 896. The molecule has 0 aliphatic carbocycles. The van der Waals surface area contributed by atoms with E-state index in [9.17, 15) is 15.2 Å². The average molecular weight is 368 g/mol. The van der Waals surface area contributed by atoms with E-state index in [1.807, 2.05) is 12.1 Å². The first-order valence-electron chi connectivity index (χ1n) is 8.23. The van der Waals surface area contributed by atoms with Gasteiger partial charge in [0.15, 0.2) is 0 Å². The highest BCUT2D eigenvalue weighted by atomic mass is 35.5. The molecule has 1 N–H and O–H groups in total. The molecule has 1 aliphatic rings. The minimum atomic E-state index is -0.0703. The van der Waals surface area contributed by atoms with Gasteiger partial charge in [0, 0.05) is 36.8 Å². The molecule has 1 saturated heterocycles. The van der Waals surface area contributed by atoms with Gasteiger partial charge in [-0.25, -0.2) is 0 Å². The summed E-state index contributed by atoms with van der Waals surface area (Å²) in [5.41, 5.74) is 2.81. The van der Waals surface area contributed by atoms with Gasteiger partial charge < -0.3 is 14.9 Å². The van der Waals surface area contributed by atoms with Crippen LogP contribution in [0.2, 0.25) is 5.02 Å². The quantitative estimate of drug-likeness (QED) is 0.844. The number of piperazine rings is 1. The van der Waals surface area contributed by atoms with Crippen LogP contribution in [0.1, 0.15) is 5.56 Å². The molecule has 2 aromatic carbocycles. The van der Waals surface area contributed by atoms with Gasteiger partial charge in [0.1, 0.15) is 11.8 Å². The second kappa shape index (κ2) is 7.51. The number of phenolic OH excluding ortho intramolecular Hbond substituents is 1. The number of aromatic hydroxyl groups is 1. The molecule has 0 radical (unpaired) electrons. The summed E-state index contributed by atoms with van der Waals surface area (Å²) in [4.78, 5) is 15.5. The van der Waals surface area contributed by atoms with E-state index in [1.54, 1.807) is 23.1 Å². The summed E-state index contributed by atoms with van der Waals surface area (Å²) in [6.07, 6.45) is 1.32. The van der Waals surface area contributed by atoms with Crippen molar-refractivity contribution in [2.24, 2.45) is 0 Å². The van der Waals surface area contributed by atoms with Crippen LogP contribution in [0.5, 0.6) is 5.75 Å². The maximum Gasteiger partial charge on any atom is 0.246 e. The second-order valence-corrected chi connectivity index (χ2v) is 6.43. The predicted molar refractivity (Wildman–Crippen MR) is 102 cm³/mol. The van der Waals surface area contributed by atoms with Gasteiger partial charge >= 0.3 is 0 Å². The van der Waals surface area contributed by atoms with Gasteiger partial charge in [0.2, 0.25) is 5.91 Å². The highest BCUT2D eigenvalue weighted by molar-refractivity contribution is 6.33. The molecule has 0 atom stereocenters. The topological polar surface area (TPSA) is 67.6 Å². The van der Waals surface area contributed by atoms with Gasteiger partial charge in [-0.3, -0.25) is 4.79 Å². The van der Waals surface area contributed by atoms with Gasteiger partial charge in [0.25, 0.3) is 0 Å². The van der Waals surface area contributed by atoms with E-state index in [1.165, 1.54) is 12.1 Å². The van der Waals surface area contributed by atoms with E-state index >= 15 is 0 Å². The Hall–Kier alpha value is -2.97. The third kappa shape index (κ3) is 3.51. The van der Waals surface area contributed by atoms with E-state index in [2.05, 4.69) is 17.5 Å². The summed E-state index contributed by atoms with van der Waals surface area (Å²) < 4.78 is 0. The first kappa shape index (κ1) is 17.8. The molecule has 26 heavy (non-hydrogen) atoms. The first-order valence-corrected chi connectivity index (χ1v) is 8.60. The highest BCUT2D eigenvalue weighted by Crippen LogP contribution is 2.34. The zero-order chi connectivity index (χ0) is 18.7. The van der Waals surface area contributed by atoms with Gasteiger partial charge in [-0.1, -0.05) is 24.2 Å². The highest BCUT2D eigenvalue weighted by Gasteiger charge is 2.21. The van der Waals surface area contributed by atoms with Crippen LogP contribution in [0, 0.1) is 11.3 Å². The fourth-order valence-electron chi connectivity index (χ4n) is 3.10. The number of hydrogen-bond donors (Lipinski definition) is 1. The van der Waals surface area contributed by atoms with Crippen LogP contribution in [0.15, 0.2) is 49.1 Å². The number of nitrogens with zero attached hydrogens (tertiary/aromatic N) is 3. The molecule has 1 aliphatic heterocycles. The average Bonchev–Trinajstić information content (AvgIpc) is 2.69. The fourth-order valence-corrected chi connectivity index (χ4v) is 3.33. The van der Waals surface area contributed by atoms with E-state index in [-0.39, 0.29) is 11.7 Å². The summed E-state index contributed by atoms with van der Waals surface area (Å²) in [6, 6.07) is 12.5. The van der Waals surface area contributed by atoms with Crippen molar-refractivity contribution in [2.45, 2.75) is 0 Å². The largest absolute Gasteiger partial charge is 0.508 e. The third-order valence-electron chi connectivity index (χ3n) is 4.48. The van der Waals surface area contributed by atoms with Crippen LogP contribution >= 0.6 is 11.6 Å². The Morgan fingerprint density at radius 2 is 1.92 bits per heavy atom. The molecule has 0 saturated carbocycles. The minimum Gasteiger partial charge on any atom is -0.508 e. The number of anilines is 1. The fraction of sp³-hybridized carbons (Fsp3) is 0.200. The van der Waals surface area contributed by atoms with Crippen LogP contribution in [0.3, 0.4) is 0 Å².